The van der Waals surface area contributed by atoms with E-state index in [-0.39, 0.29) is 6.61 Å². The Labute approximate surface area is 204 Å². The molecule has 4 nitrogen and oxygen atoms in total. The van der Waals surface area contributed by atoms with Crippen LogP contribution in [-0.2, 0) is 9.53 Å². The molecule has 0 bridgehead atoms. The van der Waals surface area contributed by atoms with Crippen LogP contribution >= 0.6 is 38.5 Å². The molecular weight excluding hydrogens is 571 g/mol. The summed E-state index contributed by atoms with van der Waals surface area (Å²) in [6, 6.07) is 22.2. The maximum absolute atomic E-state index is 11.3. The molecule has 0 aliphatic rings. The summed E-state index contributed by atoms with van der Waals surface area (Å²) in [5.74, 6) is 0.945. The molecule has 31 heavy (non-hydrogen) atoms. The van der Waals surface area contributed by atoms with Crippen molar-refractivity contribution in [2.45, 2.75) is 6.92 Å². The highest BCUT2D eigenvalue weighted by molar-refractivity contribution is 14.1. The molecule has 160 valence electrons. The first-order valence-corrected chi connectivity index (χ1v) is 11.5. The van der Waals surface area contributed by atoms with Crippen molar-refractivity contribution in [2.75, 3.05) is 20.3 Å². The number of benzene rings is 3. The molecule has 0 fully saturated rings. The van der Waals surface area contributed by atoms with Gasteiger partial charge in [-0.1, -0.05) is 40.2 Å². The van der Waals surface area contributed by atoms with Crippen LogP contribution in [0.2, 0.25) is 0 Å². The molecule has 0 amide bonds. The van der Waals surface area contributed by atoms with E-state index in [2.05, 4.69) is 85.7 Å². The van der Waals surface area contributed by atoms with Crippen LogP contribution in [0.5, 0.6) is 11.5 Å². The molecule has 0 spiro atoms. The Hall–Kier alpha value is -2.32. The molecule has 0 atom stereocenters. The lowest BCUT2D eigenvalue weighted by molar-refractivity contribution is -0.142. The zero-order chi connectivity index (χ0) is 22.2. The molecule has 0 aliphatic heterocycles. The van der Waals surface area contributed by atoms with Gasteiger partial charge < -0.3 is 14.2 Å². The monoisotopic (exact) mass is 592 g/mol. The topological polar surface area (TPSA) is 44.8 Å². The first-order chi connectivity index (χ1) is 15.0. The number of ether oxygens (including phenoxy) is 3. The summed E-state index contributed by atoms with van der Waals surface area (Å²) in [5.41, 5.74) is 4.25. The van der Waals surface area contributed by atoms with Gasteiger partial charge in [0.2, 0.25) is 0 Å². The standard InChI is InChI=1S/C25H22BrIO4/c1-17-15-22(11-12-24(17)31-16-25(28)29-2)30-14-13-23(18-3-7-20(26)8-4-18)19-5-9-21(27)10-6-19/h3-13,15H,14,16H2,1-2H3/b23-13-. The fourth-order valence-electron chi connectivity index (χ4n) is 2.95. The van der Waals surface area contributed by atoms with Gasteiger partial charge in [0.25, 0.3) is 0 Å². The third-order valence-electron chi connectivity index (χ3n) is 4.57. The number of aryl methyl sites for hydroxylation is 1. The smallest absolute Gasteiger partial charge is 0.343 e. The zero-order valence-electron chi connectivity index (χ0n) is 17.2. The second kappa shape index (κ2) is 11.3. The van der Waals surface area contributed by atoms with Gasteiger partial charge in [-0.3, -0.25) is 0 Å². The van der Waals surface area contributed by atoms with Crippen LogP contribution < -0.4 is 9.47 Å². The summed E-state index contributed by atoms with van der Waals surface area (Å²) in [5, 5.41) is 0. The molecule has 3 rings (SSSR count). The van der Waals surface area contributed by atoms with Crippen LogP contribution in [0.4, 0.5) is 0 Å². The summed E-state index contributed by atoms with van der Waals surface area (Å²) in [7, 11) is 1.34. The molecule has 0 radical (unpaired) electrons. The highest BCUT2D eigenvalue weighted by atomic mass is 127. The fraction of sp³-hybridized carbons (Fsp3) is 0.160. The minimum Gasteiger partial charge on any atom is -0.489 e. The SMILES string of the molecule is COC(=O)COc1ccc(OC/C=C(/c2ccc(Br)cc2)c2ccc(I)cc2)cc1C. The summed E-state index contributed by atoms with van der Waals surface area (Å²) in [6.45, 7) is 2.21. The van der Waals surface area contributed by atoms with Gasteiger partial charge in [-0.25, -0.2) is 4.79 Å². The molecule has 6 heteroatoms. The lowest BCUT2D eigenvalue weighted by Crippen LogP contribution is -2.13. The van der Waals surface area contributed by atoms with Crippen LogP contribution in [0.15, 0.2) is 77.3 Å². The lowest BCUT2D eigenvalue weighted by Gasteiger charge is -2.12. The highest BCUT2D eigenvalue weighted by Gasteiger charge is 2.08. The van der Waals surface area contributed by atoms with Crippen LogP contribution in [0, 0.1) is 10.5 Å². The van der Waals surface area contributed by atoms with Crippen molar-refractivity contribution in [3.63, 3.8) is 0 Å². The third kappa shape index (κ3) is 6.83. The van der Waals surface area contributed by atoms with Crippen molar-refractivity contribution >= 4 is 50.1 Å². The van der Waals surface area contributed by atoms with Gasteiger partial charge in [-0.2, -0.15) is 0 Å². The number of hydrogen-bond acceptors (Lipinski definition) is 4. The zero-order valence-corrected chi connectivity index (χ0v) is 21.0. The van der Waals surface area contributed by atoms with E-state index in [1.165, 1.54) is 10.7 Å². The van der Waals surface area contributed by atoms with Gasteiger partial charge in [0.1, 0.15) is 18.1 Å². The molecule has 0 N–H and O–H groups in total. The van der Waals surface area contributed by atoms with E-state index in [9.17, 15) is 4.79 Å². The summed E-state index contributed by atoms with van der Waals surface area (Å²) >= 11 is 5.80. The normalized spacial score (nSPS) is 11.2. The van der Waals surface area contributed by atoms with Crippen LogP contribution in [0.1, 0.15) is 16.7 Å². The predicted molar refractivity (Wildman–Crippen MR) is 135 cm³/mol. The minimum absolute atomic E-state index is 0.118. The second-order valence-corrected chi connectivity index (χ2v) is 8.90. The first-order valence-electron chi connectivity index (χ1n) is 9.61. The van der Waals surface area contributed by atoms with E-state index in [0.29, 0.717) is 12.4 Å². The molecule has 3 aromatic rings. The highest BCUT2D eigenvalue weighted by Crippen LogP contribution is 2.27. The molecule has 0 unspecified atom stereocenters. The van der Waals surface area contributed by atoms with Crippen molar-refractivity contribution < 1.29 is 19.0 Å². The van der Waals surface area contributed by atoms with E-state index in [1.807, 2.05) is 31.2 Å². The Morgan fingerprint density at radius 2 is 1.61 bits per heavy atom. The van der Waals surface area contributed by atoms with E-state index in [0.717, 1.165) is 32.5 Å². The van der Waals surface area contributed by atoms with Gasteiger partial charge in [-0.05, 0) is 100 Å². The van der Waals surface area contributed by atoms with Gasteiger partial charge in [-0.15, -0.1) is 0 Å². The maximum atomic E-state index is 11.3. The maximum Gasteiger partial charge on any atom is 0.343 e. The molecule has 3 aromatic carbocycles. The van der Waals surface area contributed by atoms with Crippen LogP contribution in [0.3, 0.4) is 0 Å². The van der Waals surface area contributed by atoms with Crippen molar-refractivity contribution in [2.24, 2.45) is 0 Å². The fourth-order valence-corrected chi connectivity index (χ4v) is 3.58. The summed E-state index contributed by atoms with van der Waals surface area (Å²) < 4.78 is 18.3. The largest absolute Gasteiger partial charge is 0.489 e. The number of hydrogen-bond donors (Lipinski definition) is 0. The second-order valence-electron chi connectivity index (χ2n) is 6.73. The van der Waals surface area contributed by atoms with Crippen LogP contribution in [0.25, 0.3) is 5.57 Å². The van der Waals surface area contributed by atoms with E-state index < -0.39 is 5.97 Å². The van der Waals surface area contributed by atoms with Crippen molar-refractivity contribution in [1.82, 2.24) is 0 Å². The van der Waals surface area contributed by atoms with Gasteiger partial charge >= 0.3 is 5.97 Å². The average Bonchev–Trinajstić information content (AvgIpc) is 2.77. The van der Waals surface area contributed by atoms with Gasteiger partial charge in [0.15, 0.2) is 6.61 Å². The predicted octanol–water partition coefficient (Wildman–Crippen LogP) is 6.42. The van der Waals surface area contributed by atoms with E-state index in [1.54, 1.807) is 6.07 Å². The molecular formula is C25H22BrIO4. The quantitative estimate of drug-likeness (QED) is 0.223. The number of carbonyl (C=O) groups excluding carboxylic acids is 1. The van der Waals surface area contributed by atoms with Crippen molar-refractivity contribution in [3.8, 4) is 11.5 Å². The van der Waals surface area contributed by atoms with Crippen LogP contribution in [-0.4, -0.2) is 26.3 Å². The molecule has 0 saturated carbocycles. The van der Waals surface area contributed by atoms with E-state index >= 15 is 0 Å². The number of esters is 1. The van der Waals surface area contributed by atoms with Crippen molar-refractivity contribution in [1.29, 1.82) is 0 Å². The first kappa shape index (κ1) is 23.3. The Morgan fingerprint density at radius 1 is 0.968 bits per heavy atom. The van der Waals surface area contributed by atoms with Crippen molar-refractivity contribution in [3.05, 3.63) is 97.5 Å². The number of methoxy groups -OCH3 is 1. The summed E-state index contributed by atoms with van der Waals surface area (Å²) in [4.78, 5) is 11.3. The third-order valence-corrected chi connectivity index (χ3v) is 5.82. The van der Waals surface area contributed by atoms with E-state index in [4.69, 9.17) is 9.47 Å². The average molecular weight is 593 g/mol. The Morgan fingerprint density at radius 3 is 2.23 bits per heavy atom. The summed E-state index contributed by atoms with van der Waals surface area (Å²) in [6.07, 6.45) is 2.09. The van der Waals surface area contributed by atoms with Gasteiger partial charge in [0, 0.05) is 8.04 Å². The molecule has 0 aliphatic carbocycles. The number of rotatable bonds is 8. The molecule has 0 heterocycles. The number of halogens is 2. The number of carbonyl (C=O) groups is 1. The molecule has 0 aromatic heterocycles. The lowest BCUT2D eigenvalue weighted by atomic mass is 9.98. The van der Waals surface area contributed by atoms with Gasteiger partial charge in [0.05, 0.1) is 7.11 Å². The molecule has 0 saturated heterocycles. The Bertz CT molecular complexity index is 1010. The Kier molecular flexibility index (Phi) is 8.54. The Balaban J connectivity index is 1.75. The minimum atomic E-state index is -0.416.